The maximum absolute atomic E-state index is 14.0. The van der Waals surface area contributed by atoms with Gasteiger partial charge in [0.25, 0.3) is 0 Å². The molecule has 0 bridgehead atoms. The highest BCUT2D eigenvalue weighted by Crippen LogP contribution is 2.32. The molecule has 21 heavy (non-hydrogen) atoms. The molecule has 0 unspecified atom stereocenters. The third-order valence-corrected chi connectivity index (χ3v) is 2.84. The molecular weight excluding hydrogens is 292 g/mol. The summed E-state index contributed by atoms with van der Waals surface area (Å²) >= 11 is 0. The summed E-state index contributed by atoms with van der Waals surface area (Å²) in [4.78, 5) is 11.3. The Hall–Kier alpha value is -2.38. The van der Waals surface area contributed by atoms with Crippen molar-refractivity contribution in [2.24, 2.45) is 7.05 Å². The van der Waals surface area contributed by atoms with Crippen LogP contribution < -0.4 is 0 Å². The topological polar surface area (TPSA) is 44.1 Å². The predicted molar refractivity (Wildman–Crippen MR) is 64.9 cm³/mol. The van der Waals surface area contributed by atoms with Crippen molar-refractivity contribution in [3.63, 3.8) is 0 Å². The van der Waals surface area contributed by atoms with E-state index in [1.165, 1.54) is 19.2 Å². The summed E-state index contributed by atoms with van der Waals surface area (Å²) < 4.78 is 57.1. The lowest BCUT2D eigenvalue weighted by atomic mass is 10.1. The van der Waals surface area contributed by atoms with Crippen molar-refractivity contribution in [3.8, 4) is 11.3 Å². The van der Waals surface area contributed by atoms with Crippen molar-refractivity contribution in [2.45, 2.75) is 6.18 Å². The number of aryl methyl sites for hydroxylation is 1. The fraction of sp³-hybridized carbons (Fsp3) is 0.231. The minimum Gasteiger partial charge on any atom is -0.465 e. The van der Waals surface area contributed by atoms with E-state index in [9.17, 15) is 22.4 Å². The lowest BCUT2D eigenvalue weighted by Gasteiger charge is -2.05. The Kier molecular flexibility index (Phi) is 3.71. The Morgan fingerprint density at radius 1 is 1.29 bits per heavy atom. The molecule has 0 saturated carbocycles. The fourth-order valence-corrected chi connectivity index (χ4v) is 1.83. The Morgan fingerprint density at radius 2 is 1.95 bits per heavy atom. The highest BCUT2D eigenvalue weighted by molar-refractivity contribution is 5.90. The van der Waals surface area contributed by atoms with Crippen LogP contribution in [0.1, 0.15) is 16.1 Å². The Labute approximate surface area is 116 Å². The Bertz CT molecular complexity index is 692. The molecule has 0 amide bonds. The normalized spacial score (nSPS) is 11.5. The molecule has 0 aliphatic rings. The summed E-state index contributed by atoms with van der Waals surface area (Å²) in [5.41, 5.74) is -1.28. The quantitative estimate of drug-likeness (QED) is 0.632. The molecule has 1 heterocycles. The first kappa shape index (κ1) is 15.0. The van der Waals surface area contributed by atoms with Gasteiger partial charge < -0.3 is 4.74 Å². The minimum atomic E-state index is -4.61. The first-order valence-electron chi connectivity index (χ1n) is 5.73. The number of alkyl halides is 3. The van der Waals surface area contributed by atoms with Crippen LogP contribution in [0.25, 0.3) is 11.3 Å². The number of hydrogen-bond acceptors (Lipinski definition) is 3. The van der Waals surface area contributed by atoms with Crippen LogP contribution in [0, 0.1) is 5.82 Å². The van der Waals surface area contributed by atoms with Gasteiger partial charge in [-0.2, -0.15) is 18.3 Å². The second kappa shape index (κ2) is 5.19. The van der Waals surface area contributed by atoms with Gasteiger partial charge in [-0.1, -0.05) is 0 Å². The van der Waals surface area contributed by atoms with Crippen molar-refractivity contribution in [1.29, 1.82) is 0 Å². The standard InChI is InChI=1S/C13H10F4N2O2/c1-19-10(6-11(18-19)13(15,16)17)8-4-3-7(5-9(8)14)12(20)21-2/h3-6H,1-2H3. The second-order valence-electron chi connectivity index (χ2n) is 4.22. The van der Waals surface area contributed by atoms with Gasteiger partial charge in [0, 0.05) is 12.6 Å². The predicted octanol–water partition coefficient (Wildman–Crippen LogP) is 3.03. The van der Waals surface area contributed by atoms with E-state index in [1.807, 2.05) is 0 Å². The molecule has 1 aromatic heterocycles. The zero-order chi connectivity index (χ0) is 15.8. The molecule has 0 spiro atoms. The van der Waals surface area contributed by atoms with Gasteiger partial charge in [0.2, 0.25) is 0 Å². The van der Waals surface area contributed by atoms with Gasteiger partial charge in [-0.15, -0.1) is 0 Å². The van der Waals surface area contributed by atoms with Gasteiger partial charge in [-0.25, -0.2) is 9.18 Å². The Balaban J connectivity index is 2.48. The first-order valence-corrected chi connectivity index (χ1v) is 5.73. The van der Waals surface area contributed by atoms with Crippen LogP contribution >= 0.6 is 0 Å². The van der Waals surface area contributed by atoms with Crippen molar-refractivity contribution in [3.05, 3.63) is 41.3 Å². The maximum Gasteiger partial charge on any atom is 0.435 e. The molecule has 2 rings (SSSR count). The molecule has 0 fully saturated rings. The van der Waals surface area contributed by atoms with E-state index >= 15 is 0 Å². The second-order valence-corrected chi connectivity index (χ2v) is 4.22. The van der Waals surface area contributed by atoms with Crippen molar-refractivity contribution in [2.75, 3.05) is 7.11 Å². The zero-order valence-electron chi connectivity index (χ0n) is 11.0. The highest BCUT2D eigenvalue weighted by Gasteiger charge is 2.35. The number of carbonyl (C=O) groups is 1. The van der Waals surface area contributed by atoms with Crippen molar-refractivity contribution >= 4 is 5.97 Å². The highest BCUT2D eigenvalue weighted by atomic mass is 19.4. The molecule has 0 aliphatic heterocycles. The lowest BCUT2D eigenvalue weighted by molar-refractivity contribution is -0.141. The number of carbonyl (C=O) groups excluding carboxylic acids is 1. The van der Waals surface area contributed by atoms with Gasteiger partial charge >= 0.3 is 12.1 Å². The molecule has 2 aromatic rings. The SMILES string of the molecule is COC(=O)c1ccc(-c2cc(C(F)(F)F)nn2C)c(F)c1. The number of hydrogen-bond donors (Lipinski definition) is 0. The summed E-state index contributed by atoms with van der Waals surface area (Å²) in [7, 11) is 2.42. The van der Waals surface area contributed by atoms with Crippen LogP contribution in [-0.2, 0) is 18.0 Å². The van der Waals surface area contributed by atoms with Crippen LogP contribution in [0.3, 0.4) is 0 Å². The fourth-order valence-electron chi connectivity index (χ4n) is 1.83. The van der Waals surface area contributed by atoms with Crippen molar-refractivity contribution in [1.82, 2.24) is 9.78 Å². The van der Waals surface area contributed by atoms with E-state index in [2.05, 4.69) is 9.84 Å². The van der Waals surface area contributed by atoms with Gasteiger partial charge in [0.15, 0.2) is 5.69 Å². The molecule has 8 heteroatoms. The molecule has 0 radical (unpaired) electrons. The largest absolute Gasteiger partial charge is 0.465 e. The van der Waals surface area contributed by atoms with E-state index in [0.717, 1.165) is 23.9 Å². The maximum atomic E-state index is 14.0. The third-order valence-electron chi connectivity index (χ3n) is 2.84. The summed E-state index contributed by atoms with van der Waals surface area (Å²) in [5.74, 6) is -1.57. The molecule has 0 saturated heterocycles. The number of halogens is 4. The smallest absolute Gasteiger partial charge is 0.435 e. The van der Waals surface area contributed by atoms with Crippen LogP contribution in [0.15, 0.2) is 24.3 Å². The van der Waals surface area contributed by atoms with Crippen LogP contribution in [0.4, 0.5) is 17.6 Å². The van der Waals surface area contributed by atoms with Crippen LogP contribution in [-0.4, -0.2) is 22.9 Å². The third kappa shape index (κ3) is 2.88. The van der Waals surface area contributed by atoms with E-state index in [0.29, 0.717) is 0 Å². The number of esters is 1. The molecule has 0 atom stereocenters. The first-order chi connectivity index (χ1) is 9.74. The summed E-state index contributed by atoms with van der Waals surface area (Å²) in [6.45, 7) is 0. The lowest BCUT2D eigenvalue weighted by Crippen LogP contribution is -2.06. The average molecular weight is 302 g/mol. The Morgan fingerprint density at radius 3 is 2.43 bits per heavy atom. The van der Waals surface area contributed by atoms with Gasteiger partial charge in [0.05, 0.1) is 18.4 Å². The molecular formula is C13H10F4N2O2. The zero-order valence-corrected chi connectivity index (χ0v) is 11.0. The van der Waals surface area contributed by atoms with E-state index in [-0.39, 0.29) is 16.8 Å². The van der Waals surface area contributed by atoms with Crippen LogP contribution in [0.5, 0.6) is 0 Å². The molecule has 0 N–H and O–H groups in total. The summed E-state index contributed by atoms with van der Waals surface area (Å²) in [6.07, 6.45) is -4.61. The number of rotatable bonds is 2. The number of ether oxygens (including phenoxy) is 1. The minimum absolute atomic E-state index is 0.0306. The number of nitrogens with zero attached hydrogens (tertiary/aromatic N) is 2. The van der Waals surface area contributed by atoms with Crippen molar-refractivity contribution < 1.29 is 27.1 Å². The van der Waals surface area contributed by atoms with Gasteiger partial charge in [-0.05, 0) is 24.3 Å². The summed E-state index contributed by atoms with van der Waals surface area (Å²) in [5, 5.41) is 3.31. The van der Waals surface area contributed by atoms with E-state index in [1.54, 1.807) is 0 Å². The van der Waals surface area contributed by atoms with Crippen LogP contribution in [0.2, 0.25) is 0 Å². The monoisotopic (exact) mass is 302 g/mol. The summed E-state index contributed by atoms with van der Waals surface area (Å²) in [6, 6.07) is 4.13. The number of benzene rings is 1. The number of methoxy groups -OCH3 is 1. The number of aromatic nitrogens is 2. The van der Waals surface area contributed by atoms with Gasteiger partial charge in [0.1, 0.15) is 5.82 Å². The molecule has 112 valence electrons. The van der Waals surface area contributed by atoms with Gasteiger partial charge in [-0.3, -0.25) is 4.68 Å². The molecule has 4 nitrogen and oxygen atoms in total. The average Bonchev–Trinajstić information content (AvgIpc) is 2.79. The van der Waals surface area contributed by atoms with E-state index < -0.39 is 23.7 Å². The molecule has 0 aliphatic carbocycles. The molecule has 1 aromatic carbocycles. The van der Waals surface area contributed by atoms with E-state index in [4.69, 9.17) is 0 Å².